The average molecular weight is 196 g/mol. The number of carbonyl (C=O) groups excluding carboxylic acids is 1. The van der Waals surface area contributed by atoms with Crippen molar-refractivity contribution in [2.45, 2.75) is 12.1 Å². The predicted molar refractivity (Wildman–Crippen MR) is 47.3 cm³/mol. The summed E-state index contributed by atoms with van der Waals surface area (Å²) in [5.74, 6) is -1.47. The summed E-state index contributed by atoms with van der Waals surface area (Å²) < 4.78 is 17.9. The number of ether oxygens (including phenoxy) is 1. The van der Waals surface area contributed by atoms with Crippen molar-refractivity contribution in [1.82, 2.24) is 10.2 Å². The number of aromatic amines is 1. The molecule has 0 radical (unpaired) electrons. The molecule has 1 heterocycles. The standard InChI is InChI=1S/C9H9FN2O2/c1-14-9(13)8-5-4-11-12-7(5)3-2-6(8)10/h2-4,6,8H,1H3,(H,11,12). The number of fused-ring (bicyclic) bond motifs is 1. The number of hydrogen-bond acceptors (Lipinski definition) is 3. The molecule has 0 spiro atoms. The van der Waals surface area contributed by atoms with Crippen LogP contribution in [0.1, 0.15) is 17.2 Å². The van der Waals surface area contributed by atoms with Gasteiger partial charge in [0, 0.05) is 5.56 Å². The lowest BCUT2D eigenvalue weighted by atomic mass is 9.90. The minimum atomic E-state index is -1.34. The molecular formula is C9H9FN2O2. The lowest BCUT2D eigenvalue weighted by Gasteiger charge is -2.18. The third-order valence-electron chi connectivity index (χ3n) is 2.25. The Morgan fingerprint density at radius 1 is 1.71 bits per heavy atom. The number of hydrogen-bond donors (Lipinski definition) is 1. The molecule has 0 bridgehead atoms. The van der Waals surface area contributed by atoms with Crippen LogP contribution in [0, 0.1) is 0 Å². The van der Waals surface area contributed by atoms with Crippen molar-refractivity contribution in [2.75, 3.05) is 7.11 Å². The Morgan fingerprint density at radius 3 is 3.21 bits per heavy atom. The number of H-pyrrole nitrogens is 1. The first-order chi connectivity index (χ1) is 6.74. The predicted octanol–water partition coefficient (Wildman–Crippen LogP) is 1.03. The molecule has 74 valence electrons. The van der Waals surface area contributed by atoms with Gasteiger partial charge in [-0.15, -0.1) is 0 Å². The zero-order valence-electron chi connectivity index (χ0n) is 7.53. The molecule has 5 heteroatoms. The normalized spacial score (nSPS) is 24.4. The Balaban J connectivity index is 2.42. The zero-order chi connectivity index (χ0) is 10.1. The van der Waals surface area contributed by atoms with Crippen LogP contribution in [0.2, 0.25) is 0 Å². The smallest absolute Gasteiger partial charge is 0.316 e. The lowest BCUT2D eigenvalue weighted by Crippen LogP contribution is -2.25. The Labute approximate surface area is 79.8 Å². The summed E-state index contributed by atoms with van der Waals surface area (Å²) in [6.45, 7) is 0. The monoisotopic (exact) mass is 196 g/mol. The highest BCUT2D eigenvalue weighted by molar-refractivity contribution is 5.82. The molecule has 0 fully saturated rings. The zero-order valence-corrected chi connectivity index (χ0v) is 7.53. The van der Waals surface area contributed by atoms with Gasteiger partial charge in [0.05, 0.1) is 19.0 Å². The first kappa shape index (κ1) is 8.93. The molecule has 4 nitrogen and oxygen atoms in total. The maximum absolute atomic E-state index is 13.4. The number of halogens is 1. The fourth-order valence-electron chi connectivity index (χ4n) is 1.54. The topological polar surface area (TPSA) is 55.0 Å². The Hall–Kier alpha value is -1.65. The van der Waals surface area contributed by atoms with E-state index in [4.69, 9.17) is 0 Å². The van der Waals surface area contributed by atoms with Gasteiger partial charge in [0.15, 0.2) is 0 Å². The van der Waals surface area contributed by atoms with E-state index in [9.17, 15) is 9.18 Å². The maximum atomic E-state index is 13.4. The molecule has 0 aromatic carbocycles. The molecule has 0 aliphatic heterocycles. The van der Waals surface area contributed by atoms with E-state index in [1.54, 1.807) is 6.08 Å². The second-order valence-corrected chi connectivity index (χ2v) is 3.04. The van der Waals surface area contributed by atoms with Gasteiger partial charge >= 0.3 is 5.97 Å². The summed E-state index contributed by atoms with van der Waals surface area (Å²) in [5, 5.41) is 6.43. The van der Waals surface area contributed by atoms with Crippen LogP contribution in [0.15, 0.2) is 12.3 Å². The first-order valence-electron chi connectivity index (χ1n) is 4.17. The summed E-state index contributed by atoms with van der Waals surface area (Å²) in [5.41, 5.74) is 1.21. The minimum absolute atomic E-state index is 0.548. The van der Waals surface area contributed by atoms with Gasteiger partial charge < -0.3 is 4.74 Å². The van der Waals surface area contributed by atoms with Crippen molar-refractivity contribution in [2.24, 2.45) is 0 Å². The average Bonchev–Trinajstić information content (AvgIpc) is 2.64. The summed E-state index contributed by atoms with van der Waals surface area (Å²) in [6, 6.07) is 0. The van der Waals surface area contributed by atoms with Gasteiger partial charge in [-0.05, 0) is 12.2 Å². The second kappa shape index (κ2) is 3.25. The summed E-state index contributed by atoms with van der Waals surface area (Å²) in [7, 11) is 1.24. The summed E-state index contributed by atoms with van der Waals surface area (Å²) >= 11 is 0. The molecule has 1 aliphatic carbocycles. The molecule has 0 saturated heterocycles. The van der Waals surface area contributed by atoms with Crippen LogP contribution >= 0.6 is 0 Å². The van der Waals surface area contributed by atoms with E-state index in [0.29, 0.717) is 11.3 Å². The number of alkyl halides is 1. The van der Waals surface area contributed by atoms with E-state index in [1.165, 1.54) is 19.4 Å². The van der Waals surface area contributed by atoms with E-state index < -0.39 is 18.1 Å². The number of carbonyl (C=O) groups is 1. The third kappa shape index (κ3) is 1.21. The summed E-state index contributed by atoms with van der Waals surface area (Å²) in [4.78, 5) is 11.3. The molecule has 0 saturated carbocycles. The summed E-state index contributed by atoms with van der Waals surface area (Å²) in [6.07, 6.45) is 3.01. The Bertz CT molecular complexity index is 386. The van der Waals surface area contributed by atoms with E-state index in [1.807, 2.05) is 0 Å². The van der Waals surface area contributed by atoms with Crippen LogP contribution in [0.4, 0.5) is 4.39 Å². The number of rotatable bonds is 1. The fourth-order valence-corrected chi connectivity index (χ4v) is 1.54. The molecule has 1 aromatic rings. The molecule has 1 N–H and O–H groups in total. The van der Waals surface area contributed by atoms with Gasteiger partial charge in [-0.1, -0.05) is 0 Å². The van der Waals surface area contributed by atoms with Gasteiger partial charge in [-0.25, -0.2) is 4.39 Å². The van der Waals surface area contributed by atoms with Crippen molar-refractivity contribution in [3.05, 3.63) is 23.5 Å². The SMILES string of the molecule is COC(=O)C1c2cn[nH]c2C=CC1F. The third-order valence-corrected chi connectivity index (χ3v) is 2.25. The van der Waals surface area contributed by atoms with E-state index >= 15 is 0 Å². The van der Waals surface area contributed by atoms with Crippen LogP contribution in [0.5, 0.6) is 0 Å². The van der Waals surface area contributed by atoms with E-state index in [0.717, 1.165) is 0 Å². The van der Waals surface area contributed by atoms with Gasteiger partial charge in [0.2, 0.25) is 0 Å². The maximum Gasteiger partial charge on any atom is 0.316 e. The number of methoxy groups -OCH3 is 1. The highest BCUT2D eigenvalue weighted by Gasteiger charge is 2.34. The number of allylic oxidation sites excluding steroid dienone is 1. The number of esters is 1. The van der Waals surface area contributed by atoms with E-state index in [2.05, 4.69) is 14.9 Å². The molecule has 14 heavy (non-hydrogen) atoms. The largest absolute Gasteiger partial charge is 0.468 e. The molecular weight excluding hydrogens is 187 g/mol. The molecule has 2 atom stereocenters. The Morgan fingerprint density at radius 2 is 2.50 bits per heavy atom. The molecule has 2 unspecified atom stereocenters. The van der Waals surface area contributed by atoms with Crippen LogP contribution in [-0.2, 0) is 9.53 Å². The molecule has 1 aliphatic rings. The fraction of sp³-hybridized carbons (Fsp3) is 0.333. The van der Waals surface area contributed by atoms with E-state index in [-0.39, 0.29) is 0 Å². The van der Waals surface area contributed by atoms with Crippen molar-refractivity contribution in [3.8, 4) is 0 Å². The quantitative estimate of drug-likeness (QED) is 0.682. The van der Waals surface area contributed by atoms with Crippen molar-refractivity contribution in [1.29, 1.82) is 0 Å². The Kier molecular flexibility index (Phi) is 2.07. The van der Waals surface area contributed by atoms with Crippen LogP contribution < -0.4 is 0 Å². The van der Waals surface area contributed by atoms with Crippen LogP contribution in [0.25, 0.3) is 6.08 Å². The molecule has 2 rings (SSSR count). The van der Waals surface area contributed by atoms with Gasteiger partial charge in [-0.3, -0.25) is 9.89 Å². The molecule has 1 aromatic heterocycles. The van der Waals surface area contributed by atoms with Crippen LogP contribution in [-0.4, -0.2) is 29.4 Å². The van der Waals surface area contributed by atoms with Crippen molar-refractivity contribution < 1.29 is 13.9 Å². The van der Waals surface area contributed by atoms with Gasteiger partial charge in [0.1, 0.15) is 12.1 Å². The lowest BCUT2D eigenvalue weighted by molar-refractivity contribution is -0.143. The number of aromatic nitrogens is 2. The number of nitrogens with one attached hydrogen (secondary N) is 1. The van der Waals surface area contributed by atoms with Crippen LogP contribution in [0.3, 0.4) is 0 Å². The van der Waals surface area contributed by atoms with Crippen molar-refractivity contribution in [3.63, 3.8) is 0 Å². The van der Waals surface area contributed by atoms with Gasteiger partial charge in [-0.2, -0.15) is 5.10 Å². The van der Waals surface area contributed by atoms with Gasteiger partial charge in [0.25, 0.3) is 0 Å². The van der Waals surface area contributed by atoms with Crippen molar-refractivity contribution >= 4 is 12.0 Å². The highest BCUT2D eigenvalue weighted by atomic mass is 19.1. The number of nitrogens with zero attached hydrogens (tertiary/aromatic N) is 1. The first-order valence-corrected chi connectivity index (χ1v) is 4.17. The highest BCUT2D eigenvalue weighted by Crippen LogP contribution is 2.31. The minimum Gasteiger partial charge on any atom is -0.468 e. The molecule has 0 amide bonds. The second-order valence-electron chi connectivity index (χ2n) is 3.04.